The van der Waals surface area contributed by atoms with Crippen molar-refractivity contribution in [1.82, 2.24) is 0 Å². The number of alkyl halides is 3. The largest absolute Gasteiger partial charge is 0.421 e. The van der Waals surface area contributed by atoms with Gasteiger partial charge in [0.15, 0.2) is 5.60 Å². The molecule has 2 nitrogen and oxygen atoms in total. The van der Waals surface area contributed by atoms with E-state index < -0.39 is 11.8 Å². The molecule has 0 spiro atoms. The van der Waals surface area contributed by atoms with Crippen LogP contribution in [-0.4, -0.2) is 12.8 Å². The lowest BCUT2D eigenvalue weighted by Gasteiger charge is -2.33. The molecule has 0 aromatic heterocycles. The van der Waals surface area contributed by atoms with Crippen LogP contribution in [0.15, 0.2) is 12.1 Å². The normalized spacial score (nSPS) is 14.8. The molecule has 0 amide bonds. The number of nitrogens with two attached hydrogens (primary N) is 1. The van der Waals surface area contributed by atoms with E-state index >= 15 is 0 Å². The van der Waals surface area contributed by atoms with Crippen molar-refractivity contribution in [2.45, 2.75) is 90.8 Å². The van der Waals surface area contributed by atoms with Gasteiger partial charge in [-0.15, -0.1) is 0 Å². The first kappa shape index (κ1) is 26.4. The molecule has 0 saturated heterocycles. The average Bonchev–Trinajstić information content (AvgIpc) is 2.58. The van der Waals surface area contributed by atoms with Crippen molar-refractivity contribution in [2.75, 3.05) is 12.3 Å². The van der Waals surface area contributed by atoms with Crippen LogP contribution < -0.4 is 5.73 Å². The summed E-state index contributed by atoms with van der Waals surface area (Å²) in [6.07, 6.45) is 3.73. The molecule has 1 aromatic carbocycles. The van der Waals surface area contributed by atoms with E-state index in [1.807, 2.05) is 0 Å². The second-order valence-electron chi connectivity index (χ2n) is 9.02. The topological polar surface area (TPSA) is 35.2 Å². The van der Waals surface area contributed by atoms with Gasteiger partial charge in [0.1, 0.15) is 0 Å². The number of halogens is 5. The minimum absolute atomic E-state index is 0.0135. The maximum absolute atomic E-state index is 13.7. The Morgan fingerprint density at radius 2 is 1.28 bits per heavy atom. The van der Waals surface area contributed by atoms with Crippen LogP contribution in [0, 0.1) is 5.41 Å². The number of unbranched alkanes of at least 4 members (excludes halogenated alkanes) is 6. The van der Waals surface area contributed by atoms with Crippen molar-refractivity contribution < 1.29 is 17.9 Å². The van der Waals surface area contributed by atoms with Gasteiger partial charge < -0.3 is 10.5 Å². The maximum atomic E-state index is 13.7. The molecule has 1 atom stereocenters. The molecule has 0 unspecified atom stereocenters. The smallest absolute Gasteiger partial charge is 0.396 e. The van der Waals surface area contributed by atoms with Crippen LogP contribution in [0.4, 0.5) is 18.9 Å². The van der Waals surface area contributed by atoms with Crippen LogP contribution in [0.2, 0.25) is 10.0 Å². The molecule has 29 heavy (non-hydrogen) atoms. The van der Waals surface area contributed by atoms with E-state index in [1.165, 1.54) is 37.8 Å². The molecule has 0 aliphatic rings. The first-order valence-corrected chi connectivity index (χ1v) is 11.0. The van der Waals surface area contributed by atoms with E-state index in [9.17, 15) is 13.2 Å². The summed E-state index contributed by atoms with van der Waals surface area (Å²) in [4.78, 5) is 0. The highest BCUT2D eigenvalue weighted by molar-refractivity contribution is 6.38. The Morgan fingerprint density at radius 1 is 0.828 bits per heavy atom. The Labute approximate surface area is 183 Å². The van der Waals surface area contributed by atoms with E-state index in [0.29, 0.717) is 11.8 Å². The third-order valence-electron chi connectivity index (χ3n) is 5.13. The summed E-state index contributed by atoms with van der Waals surface area (Å²) in [5, 5.41) is -0.0314. The molecule has 7 heteroatoms. The Bertz CT molecular complexity index is 621. The summed E-state index contributed by atoms with van der Waals surface area (Å²) in [5.74, 6) is 0. The van der Waals surface area contributed by atoms with E-state index in [0.717, 1.165) is 26.2 Å². The van der Waals surface area contributed by atoms with Gasteiger partial charge in [0.2, 0.25) is 0 Å². The Hall–Kier alpha value is -0.650. The third kappa shape index (κ3) is 8.55. The van der Waals surface area contributed by atoms with Gasteiger partial charge in [-0.2, -0.15) is 13.2 Å². The fourth-order valence-electron chi connectivity index (χ4n) is 3.11. The van der Waals surface area contributed by atoms with Gasteiger partial charge in [0, 0.05) is 6.61 Å². The number of rotatable bonds is 11. The van der Waals surface area contributed by atoms with E-state index in [4.69, 9.17) is 33.7 Å². The zero-order valence-electron chi connectivity index (χ0n) is 17.9. The van der Waals surface area contributed by atoms with Crippen molar-refractivity contribution in [3.8, 4) is 0 Å². The second kappa shape index (κ2) is 11.1. The minimum atomic E-state index is -4.61. The van der Waals surface area contributed by atoms with Crippen molar-refractivity contribution >= 4 is 28.9 Å². The summed E-state index contributed by atoms with van der Waals surface area (Å²) in [6, 6.07) is 2.35. The highest BCUT2D eigenvalue weighted by Gasteiger charge is 2.54. The predicted molar refractivity (Wildman–Crippen MR) is 117 cm³/mol. The summed E-state index contributed by atoms with van der Waals surface area (Å²) in [5.41, 5.74) is 3.44. The van der Waals surface area contributed by atoms with Gasteiger partial charge in [-0.1, -0.05) is 82.5 Å². The number of nitrogen functional groups attached to an aromatic ring is 1. The van der Waals surface area contributed by atoms with Gasteiger partial charge in [0.05, 0.1) is 15.7 Å². The van der Waals surface area contributed by atoms with Crippen LogP contribution >= 0.6 is 23.2 Å². The second-order valence-corrected chi connectivity index (χ2v) is 9.83. The molecule has 0 heterocycles. The molecular weight excluding hydrogens is 422 g/mol. The zero-order valence-corrected chi connectivity index (χ0v) is 19.4. The van der Waals surface area contributed by atoms with Crippen molar-refractivity contribution in [2.24, 2.45) is 5.41 Å². The quantitative estimate of drug-likeness (QED) is 0.267. The van der Waals surface area contributed by atoms with Crippen LogP contribution in [0.25, 0.3) is 0 Å². The van der Waals surface area contributed by atoms with Gasteiger partial charge in [-0.05, 0) is 42.9 Å². The number of benzene rings is 1. The lowest BCUT2D eigenvalue weighted by atomic mass is 9.89. The monoisotopic (exact) mass is 455 g/mol. The molecule has 0 radical (unpaired) electrons. The van der Waals surface area contributed by atoms with Crippen LogP contribution in [0.5, 0.6) is 0 Å². The summed E-state index contributed by atoms with van der Waals surface area (Å²) < 4.78 is 46.6. The highest BCUT2D eigenvalue weighted by Crippen LogP contribution is 2.44. The molecule has 0 aliphatic heterocycles. The van der Waals surface area contributed by atoms with Crippen molar-refractivity contribution in [1.29, 1.82) is 0 Å². The van der Waals surface area contributed by atoms with E-state index in [-0.39, 0.29) is 27.9 Å². The minimum Gasteiger partial charge on any atom is -0.396 e. The fourth-order valence-corrected chi connectivity index (χ4v) is 3.59. The van der Waals surface area contributed by atoms with Crippen molar-refractivity contribution in [3.63, 3.8) is 0 Å². The summed E-state index contributed by atoms with van der Waals surface area (Å²) in [7, 11) is 0. The highest BCUT2D eigenvalue weighted by atomic mass is 35.5. The van der Waals surface area contributed by atoms with E-state index in [1.54, 1.807) is 0 Å². The van der Waals surface area contributed by atoms with Gasteiger partial charge in [-0.25, -0.2) is 0 Å². The first-order chi connectivity index (χ1) is 13.3. The van der Waals surface area contributed by atoms with Gasteiger partial charge >= 0.3 is 6.18 Å². The van der Waals surface area contributed by atoms with Crippen LogP contribution in [0.1, 0.15) is 84.6 Å². The standard InChI is InChI=1S/C22H34Cl2F3NO/c1-20(2,3)12-10-8-6-5-7-9-11-13-29-21(4,22(25,26)27)16-14-17(23)19(28)18(24)15-16/h14-15H,5-13,28H2,1-4H3/t21-/m0/s1. The lowest BCUT2D eigenvalue weighted by molar-refractivity contribution is -0.278. The fraction of sp³-hybridized carbons (Fsp3) is 0.727. The molecule has 1 rings (SSSR count). The molecule has 0 bridgehead atoms. The molecule has 2 N–H and O–H groups in total. The Balaban J connectivity index is 2.46. The number of ether oxygens (including phenoxy) is 1. The predicted octanol–water partition coefficient (Wildman–Crippen LogP) is 8.54. The Kier molecular flexibility index (Phi) is 10.1. The summed E-state index contributed by atoms with van der Waals surface area (Å²) in [6.45, 7) is 7.75. The molecule has 1 aromatic rings. The summed E-state index contributed by atoms with van der Waals surface area (Å²) >= 11 is 11.8. The van der Waals surface area contributed by atoms with Gasteiger partial charge in [0.25, 0.3) is 0 Å². The molecular formula is C22H34Cl2F3NO. The van der Waals surface area contributed by atoms with Crippen molar-refractivity contribution in [3.05, 3.63) is 27.7 Å². The lowest BCUT2D eigenvalue weighted by Crippen LogP contribution is -2.42. The zero-order chi connectivity index (χ0) is 22.3. The maximum Gasteiger partial charge on any atom is 0.421 e. The number of hydrogen-bond donors (Lipinski definition) is 1. The molecule has 0 fully saturated rings. The SMILES string of the molecule is CC(C)(C)CCCCCCCCCO[C@@](C)(c1cc(Cl)c(N)c(Cl)c1)C(F)(F)F. The van der Waals surface area contributed by atoms with Crippen LogP contribution in [0.3, 0.4) is 0 Å². The average molecular weight is 456 g/mol. The molecule has 0 saturated carbocycles. The van der Waals surface area contributed by atoms with Crippen LogP contribution in [-0.2, 0) is 10.3 Å². The van der Waals surface area contributed by atoms with Gasteiger partial charge in [-0.3, -0.25) is 0 Å². The third-order valence-corrected chi connectivity index (χ3v) is 5.76. The Morgan fingerprint density at radius 3 is 1.72 bits per heavy atom. The van der Waals surface area contributed by atoms with E-state index in [2.05, 4.69) is 20.8 Å². The molecule has 0 aliphatic carbocycles. The first-order valence-electron chi connectivity index (χ1n) is 10.2. The number of anilines is 1. The number of hydrogen-bond acceptors (Lipinski definition) is 2. The molecule has 168 valence electrons.